The summed E-state index contributed by atoms with van der Waals surface area (Å²) in [7, 11) is 2.86. The van der Waals surface area contributed by atoms with Crippen LogP contribution >= 0.6 is 11.6 Å². The molecule has 0 radical (unpaired) electrons. The molecule has 0 aliphatic carbocycles. The van der Waals surface area contributed by atoms with E-state index >= 15 is 0 Å². The molecular weight excluding hydrogens is 449 g/mol. The number of aliphatic hydroxyl groups excluding tert-OH is 1. The minimum atomic E-state index is -0.567. The van der Waals surface area contributed by atoms with Gasteiger partial charge in [0.2, 0.25) is 5.78 Å². The number of allylic oxidation sites excluding steroid dienone is 1. The maximum atomic E-state index is 14.5. The molecule has 0 aromatic heterocycles. The third-order valence-corrected chi connectivity index (χ3v) is 5.62. The van der Waals surface area contributed by atoms with Gasteiger partial charge in [-0.25, -0.2) is 4.39 Å². The maximum absolute atomic E-state index is 14.5. The number of halogens is 2. The Kier molecular flexibility index (Phi) is 9.44. The molecule has 33 heavy (non-hydrogen) atoms. The van der Waals surface area contributed by atoms with Gasteiger partial charge in [-0.3, -0.25) is 9.59 Å². The van der Waals surface area contributed by atoms with Crippen LogP contribution in [0.4, 0.5) is 4.39 Å². The maximum Gasteiger partial charge on any atom is 0.201 e. The van der Waals surface area contributed by atoms with Crippen molar-refractivity contribution >= 4 is 23.2 Å². The number of ketones is 2. The molecule has 2 N–H and O–H groups in total. The molecule has 0 amide bonds. The first kappa shape index (κ1) is 26.4. The average Bonchev–Trinajstić information content (AvgIpc) is 2.78. The van der Waals surface area contributed by atoms with E-state index in [1.807, 2.05) is 13.8 Å². The van der Waals surface area contributed by atoms with Gasteiger partial charge in [-0.15, -0.1) is 0 Å². The number of nitrogens with one attached hydrogen (secondary N) is 1. The molecule has 0 spiro atoms. The molecule has 6 nitrogen and oxygen atoms in total. The van der Waals surface area contributed by atoms with Gasteiger partial charge < -0.3 is 19.9 Å². The molecule has 0 saturated heterocycles. The second-order valence-electron chi connectivity index (χ2n) is 7.90. The standard InChI is InChI=1S/C25H29ClFNO5/c1-14(2)21(13-29)28-12-19(15(3)30)25(31)18-10-17(22(32-4)11-23(18)33-5)9-16-7-6-8-20(26)24(16)27/h6-8,10-12,14,21,28-29H,9,13H2,1-5H3/t21-/m1/s1. The molecule has 178 valence electrons. The predicted molar refractivity (Wildman–Crippen MR) is 126 cm³/mol. The minimum Gasteiger partial charge on any atom is -0.496 e. The Morgan fingerprint density at radius 1 is 1.15 bits per heavy atom. The van der Waals surface area contributed by atoms with Gasteiger partial charge in [0.1, 0.15) is 17.3 Å². The van der Waals surface area contributed by atoms with Gasteiger partial charge in [-0.1, -0.05) is 37.6 Å². The monoisotopic (exact) mass is 477 g/mol. The number of hydrogen-bond acceptors (Lipinski definition) is 6. The fraction of sp³-hybridized carbons (Fsp3) is 0.360. The van der Waals surface area contributed by atoms with Crippen molar-refractivity contribution in [2.24, 2.45) is 5.92 Å². The average molecular weight is 478 g/mol. The summed E-state index contributed by atoms with van der Waals surface area (Å²) < 4.78 is 25.3. The summed E-state index contributed by atoms with van der Waals surface area (Å²) in [5.74, 6) is -0.890. The first-order valence-corrected chi connectivity index (χ1v) is 10.8. The molecule has 2 aromatic rings. The highest BCUT2D eigenvalue weighted by atomic mass is 35.5. The molecule has 8 heteroatoms. The molecule has 2 aromatic carbocycles. The van der Waals surface area contributed by atoms with E-state index in [9.17, 15) is 19.1 Å². The van der Waals surface area contributed by atoms with E-state index in [-0.39, 0.29) is 46.9 Å². The van der Waals surface area contributed by atoms with Crippen molar-refractivity contribution in [3.05, 3.63) is 69.6 Å². The first-order chi connectivity index (χ1) is 15.6. The van der Waals surface area contributed by atoms with E-state index in [4.69, 9.17) is 21.1 Å². The number of hydrogen-bond donors (Lipinski definition) is 2. The van der Waals surface area contributed by atoms with Crippen LogP contribution in [0, 0.1) is 11.7 Å². The Labute approximate surface area is 198 Å². The quantitative estimate of drug-likeness (QED) is 0.217. The van der Waals surface area contributed by atoms with Crippen LogP contribution in [-0.4, -0.2) is 43.5 Å². The van der Waals surface area contributed by atoms with Crippen LogP contribution in [0.15, 0.2) is 42.1 Å². The lowest BCUT2D eigenvalue weighted by molar-refractivity contribution is -0.113. The zero-order chi connectivity index (χ0) is 24.7. The number of benzene rings is 2. The number of methoxy groups -OCH3 is 2. The van der Waals surface area contributed by atoms with Gasteiger partial charge in [-0.2, -0.15) is 0 Å². The number of ether oxygens (including phenoxy) is 2. The second-order valence-corrected chi connectivity index (χ2v) is 8.30. The van der Waals surface area contributed by atoms with Crippen molar-refractivity contribution in [1.82, 2.24) is 5.32 Å². The van der Waals surface area contributed by atoms with Gasteiger partial charge in [-0.05, 0) is 36.1 Å². The van der Waals surface area contributed by atoms with E-state index in [0.29, 0.717) is 16.9 Å². The summed E-state index contributed by atoms with van der Waals surface area (Å²) in [6.45, 7) is 4.94. The predicted octanol–water partition coefficient (Wildman–Crippen LogP) is 4.35. The Morgan fingerprint density at radius 3 is 2.36 bits per heavy atom. The van der Waals surface area contributed by atoms with Crippen LogP contribution in [0.2, 0.25) is 5.02 Å². The highest BCUT2D eigenvalue weighted by molar-refractivity contribution is 6.30. The molecule has 0 unspecified atom stereocenters. The van der Waals surface area contributed by atoms with Crippen LogP contribution < -0.4 is 14.8 Å². The van der Waals surface area contributed by atoms with Gasteiger partial charge in [0, 0.05) is 18.7 Å². The number of rotatable bonds is 11. The molecule has 0 saturated carbocycles. The Hall–Kier alpha value is -2.90. The first-order valence-electron chi connectivity index (χ1n) is 10.4. The summed E-state index contributed by atoms with van der Waals surface area (Å²) in [6.07, 6.45) is 1.43. The molecule has 2 rings (SSSR count). The summed E-state index contributed by atoms with van der Waals surface area (Å²) in [5.41, 5.74) is 0.881. The lowest BCUT2D eigenvalue weighted by Gasteiger charge is -2.19. The third kappa shape index (κ3) is 6.33. The summed E-state index contributed by atoms with van der Waals surface area (Å²) in [5, 5.41) is 12.5. The summed E-state index contributed by atoms with van der Waals surface area (Å²) >= 11 is 5.90. The van der Waals surface area contributed by atoms with Crippen LogP contribution in [0.5, 0.6) is 11.5 Å². The zero-order valence-corrected chi connectivity index (χ0v) is 20.1. The van der Waals surface area contributed by atoms with E-state index in [2.05, 4.69) is 5.32 Å². The smallest absolute Gasteiger partial charge is 0.201 e. The number of carbonyl (C=O) groups is 2. The molecule has 0 heterocycles. The summed E-state index contributed by atoms with van der Waals surface area (Å²) in [4.78, 5) is 25.6. The molecule has 0 aliphatic rings. The number of carbonyl (C=O) groups excluding carboxylic acids is 2. The number of Topliss-reactive ketones (excluding diaryl/α,β-unsaturated/α-hetero) is 2. The van der Waals surface area contributed by atoms with Crippen LogP contribution in [-0.2, 0) is 11.2 Å². The fourth-order valence-corrected chi connectivity index (χ4v) is 3.48. The molecule has 1 atom stereocenters. The van der Waals surface area contributed by atoms with Crippen LogP contribution in [0.3, 0.4) is 0 Å². The highest BCUT2D eigenvalue weighted by Gasteiger charge is 2.24. The van der Waals surface area contributed by atoms with Crippen LogP contribution in [0.25, 0.3) is 0 Å². The lowest BCUT2D eigenvalue weighted by atomic mass is 9.95. The minimum absolute atomic E-state index is 0.00672. The van der Waals surface area contributed by atoms with Crippen molar-refractivity contribution in [2.45, 2.75) is 33.2 Å². The van der Waals surface area contributed by atoms with Gasteiger partial charge in [0.05, 0.1) is 43.0 Å². The van der Waals surface area contributed by atoms with E-state index in [1.165, 1.54) is 45.5 Å². The van der Waals surface area contributed by atoms with E-state index in [1.54, 1.807) is 12.1 Å². The summed E-state index contributed by atoms with van der Waals surface area (Å²) in [6, 6.07) is 7.42. The van der Waals surface area contributed by atoms with Gasteiger partial charge in [0.15, 0.2) is 5.78 Å². The fourth-order valence-electron chi connectivity index (χ4n) is 3.29. The van der Waals surface area contributed by atoms with E-state index < -0.39 is 17.4 Å². The Morgan fingerprint density at radius 2 is 1.82 bits per heavy atom. The largest absolute Gasteiger partial charge is 0.496 e. The van der Waals surface area contributed by atoms with Crippen LogP contribution in [0.1, 0.15) is 42.3 Å². The SMILES string of the molecule is COc1cc(OC)c(C(=O)C(=CN[C@H](CO)C(C)C)C(C)=O)cc1Cc1cccc(Cl)c1F. The lowest BCUT2D eigenvalue weighted by Crippen LogP contribution is -2.34. The molecule has 0 bridgehead atoms. The second kappa shape index (κ2) is 11.8. The Bertz CT molecular complexity index is 1050. The normalized spacial score (nSPS) is 12.5. The van der Waals surface area contributed by atoms with Crippen molar-refractivity contribution < 1.29 is 28.6 Å². The molecule has 0 aliphatic heterocycles. The van der Waals surface area contributed by atoms with Crippen molar-refractivity contribution in [1.29, 1.82) is 0 Å². The number of aliphatic hydroxyl groups is 1. The molecular formula is C25H29ClFNO5. The van der Waals surface area contributed by atoms with Gasteiger partial charge in [0.25, 0.3) is 0 Å². The topological polar surface area (TPSA) is 84.9 Å². The van der Waals surface area contributed by atoms with Crippen molar-refractivity contribution in [2.75, 3.05) is 20.8 Å². The van der Waals surface area contributed by atoms with E-state index in [0.717, 1.165) is 0 Å². The highest BCUT2D eigenvalue weighted by Crippen LogP contribution is 2.33. The third-order valence-electron chi connectivity index (χ3n) is 5.33. The zero-order valence-electron chi connectivity index (χ0n) is 19.4. The Balaban J connectivity index is 2.54. The van der Waals surface area contributed by atoms with Gasteiger partial charge >= 0.3 is 0 Å². The van der Waals surface area contributed by atoms with Crippen molar-refractivity contribution in [3.8, 4) is 11.5 Å². The van der Waals surface area contributed by atoms with Crippen molar-refractivity contribution in [3.63, 3.8) is 0 Å². The molecule has 0 fully saturated rings.